The van der Waals surface area contributed by atoms with Crippen LogP contribution in [0.1, 0.15) is 44.0 Å². The van der Waals surface area contributed by atoms with E-state index < -0.39 is 11.4 Å². The van der Waals surface area contributed by atoms with Crippen molar-refractivity contribution in [2.45, 2.75) is 33.6 Å². The van der Waals surface area contributed by atoms with Crippen LogP contribution in [0.2, 0.25) is 5.02 Å². The van der Waals surface area contributed by atoms with Gasteiger partial charge in [-0.3, -0.25) is 9.59 Å². The fourth-order valence-electron chi connectivity index (χ4n) is 4.48. The van der Waals surface area contributed by atoms with Gasteiger partial charge in [-0.2, -0.15) is 0 Å². The van der Waals surface area contributed by atoms with Crippen LogP contribution in [0.3, 0.4) is 0 Å². The zero-order valence-electron chi connectivity index (χ0n) is 16.6. The van der Waals surface area contributed by atoms with E-state index in [1.807, 2.05) is 20.8 Å². The summed E-state index contributed by atoms with van der Waals surface area (Å²) >= 11 is 5.83. The van der Waals surface area contributed by atoms with Gasteiger partial charge in [-0.25, -0.2) is 9.69 Å². The van der Waals surface area contributed by atoms with Gasteiger partial charge < -0.3 is 4.74 Å². The van der Waals surface area contributed by atoms with Gasteiger partial charge in [0.25, 0.3) is 0 Å². The molecule has 0 aromatic heterocycles. The molecule has 4 rings (SSSR count). The summed E-state index contributed by atoms with van der Waals surface area (Å²) in [5.74, 6) is -0.649. The summed E-state index contributed by atoms with van der Waals surface area (Å²) in [6, 6.07) is 12.9. The molecule has 1 heterocycles. The molecule has 2 aromatic carbocycles. The van der Waals surface area contributed by atoms with E-state index in [4.69, 9.17) is 16.3 Å². The first kappa shape index (κ1) is 19.6. The van der Waals surface area contributed by atoms with Crippen LogP contribution < -0.4 is 9.64 Å². The number of amides is 2. The van der Waals surface area contributed by atoms with E-state index in [9.17, 15) is 14.4 Å². The van der Waals surface area contributed by atoms with Crippen molar-refractivity contribution in [3.8, 4) is 5.75 Å². The molecule has 2 aliphatic rings. The number of benzene rings is 2. The summed E-state index contributed by atoms with van der Waals surface area (Å²) in [6.07, 6.45) is 1.42. The van der Waals surface area contributed by atoms with Crippen LogP contribution in [0.4, 0.5) is 5.69 Å². The number of hydrogen-bond donors (Lipinski definition) is 0. The molecule has 1 aliphatic heterocycles. The van der Waals surface area contributed by atoms with Crippen molar-refractivity contribution < 1.29 is 19.1 Å². The number of rotatable bonds is 3. The molecule has 1 saturated heterocycles. The Kier molecular flexibility index (Phi) is 4.54. The molecule has 0 N–H and O–H groups in total. The smallest absolute Gasteiger partial charge is 0.343 e. The van der Waals surface area contributed by atoms with Crippen LogP contribution in [-0.4, -0.2) is 17.8 Å². The fraction of sp³-hybridized carbons (Fsp3) is 0.348. The van der Waals surface area contributed by atoms with E-state index in [1.54, 1.807) is 48.5 Å². The van der Waals surface area contributed by atoms with Gasteiger partial charge in [-0.15, -0.1) is 0 Å². The SMILES string of the molecule is CC1(C)[C@H]2CC[C@]1(C)C(=O)N(c1ccc(C(=O)Oc3ccc(Cl)cc3)cc1)C2=O. The number of fused-ring (bicyclic) bond motifs is 2. The van der Waals surface area contributed by atoms with E-state index >= 15 is 0 Å². The highest BCUT2D eigenvalue weighted by Gasteiger charge is 2.64. The molecule has 2 atom stereocenters. The van der Waals surface area contributed by atoms with Crippen LogP contribution in [0.25, 0.3) is 0 Å². The second kappa shape index (κ2) is 6.70. The van der Waals surface area contributed by atoms with Gasteiger partial charge >= 0.3 is 5.97 Å². The van der Waals surface area contributed by atoms with Crippen molar-refractivity contribution in [3.05, 3.63) is 59.1 Å². The number of carbonyl (C=O) groups excluding carboxylic acids is 3. The van der Waals surface area contributed by atoms with E-state index in [0.717, 1.165) is 6.42 Å². The van der Waals surface area contributed by atoms with E-state index in [2.05, 4.69) is 0 Å². The van der Waals surface area contributed by atoms with E-state index in [1.165, 1.54) is 4.90 Å². The number of carbonyl (C=O) groups is 3. The molecule has 5 nitrogen and oxygen atoms in total. The molecule has 150 valence electrons. The van der Waals surface area contributed by atoms with Gasteiger partial charge in [0.05, 0.1) is 16.7 Å². The number of imide groups is 1. The number of ether oxygens (including phenoxy) is 1. The lowest BCUT2D eigenvalue weighted by atomic mass is 9.62. The summed E-state index contributed by atoms with van der Waals surface area (Å²) in [7, 11) is 0. The highest BCUT2D eigenvalue weighted by atomic mass is 35.5. The Morgan fingerprint density at radius 2 is 1.66 bits per heavy atom. The highest BCUT2D eigenvalue weighted by molar-refractivity contribution is 6.30. The molecule has 0 unspecified atom stereocenters. The van der Waals surface area contributed by atoms with Crippen molar-refractivity contribution >= 4 is 35.1 Å². The molecular formula is C23H22ClNO4. The second-order valence-electron chi connectivity index (χ2n) is 8.51. The predicted octanol–water partition coefficient (Wildman–Crippen LogP) is 4.87. The molecule has 2 bridgehead atoms. The maximum atomic E-state index is 13.2. The first-order valence-electron chi connectivity index (χ1n) is 9.61. The quantitative estimate of drug-likeness (QED) is 0.410. The summed E-state index contributed by atoms with van der Waals surface area (Å²) in [6.45, 7) is 5.97. The van der Waals surface area contributed by atoms with Gasteiger partial charge in [-0.1, -0.05) is 32.4 Å². The summed E-state index contributed by atoms with van der Waals surface area (Å²) < 4.78 is 5.33. The molecule has 2 aromatic rings. The Balaban J connectivity index is 1.56. The molecule has 1 aliphatic carbocycles. The first-order chi connectivity index (χ1) is 13.6. The molecule has 0 radical (unpaired) electrons. The Hall–Kier alpha value is -2.66. The van der Waals surface area contributed by atoms with Crippen LogP contribution >= 0.6 is 11.6 Å². The van der Waals surface area contributed by atoms with Crippen molar-refractivity contribution in [1.29, 1.82) is 0 Å². The summed E-state index contributed by atoms with van der Waals surface area (Å²) in [4.78, 5) is 39.9. The molecular weight excluding hydrogens is 390 g/mol. The maximum Gasteiger partial charge on any atom is 0.343 e. The predicted molar refractivity (Wildman–Crippen MR) is 110 cm³/mol. The lowest BCUT2D eigenvalue weighted by Crippen LogP contribution is -2.59. The topological polar surface area (TPSA) is 63.7 Å². The van der Waals surface area contributed by atoms with Gasteiger partial charge in [0.1, 0.15) is 5.75 Å². The third-order valence-electron chi connectivity index (χ3n) is 6.81. The highest BCUT2D eigenvalue weighted by Crippen LogP contribution is 2.60. The number of hydrogen-bond acceptors (Lipinski definition) is 4. The van der Waals surface area contributed by atoms with Gasteiger partial charge in [-0.05, 0) is 66.8 Å². The number of halogens is 1. The molecule has 2 fully saturated rings. The van der Waals surface area contributed by atoms with Gasteiger partial charge in [0, 0.05) is 10.9 Å². The molecule has 2 amide bonds. The lowest BCUT2D eigenvalue weighted by Gasteiger charge is -2.47. The van der Waals surface area contributed by atoms with Crippen molar-refractivity contribution in [3.63, 3.8) is 0 Å². The lowest BCUT2D eigenvalue weighted by molar-refractivity contribution is -0.146. The second-order valence-corrected chi connectivity index (χ2v) is 8.95. The summed E-state index contributed by atoms with van der Waals surface area (Å²) in [5, 5.41) is 0.552. The fourth-order valence-corrected chi connectivity index (χ4v) is 4.60. The molecule has 29 heavy (non-hydrogen) atoms. The third kappa shape index (κ3) is 2.96. The largest absolute Gasteiger partial charge is 0.423 e. The van der Waals surface area contributed by atoms with Crippen LogP contribution in [0, 0.1) is 16.7 Å². The minimum Gasteiger partial charge on any atom is -0.423 e. The van der Waals surface area contributed by atoms with E-state index in [-0.39, 0.29) is 23.1 Å². The molecule has 6 heteroatoms. The average Bonchev–Trinajstić information content (AvgIpc) is 2.87. The third-order valence-corrected chi connectivity index (χ3v) is 7.06. The van der Waals surface area contributed by atoms with Crippen LogP contribution in [-0.2, 0) is 9.59 Å². The number of nitrogens with zero attached hydrogens (tertiary/aromatic N) is 1. The maximum absolute atomic E-state index is 13.2. The minimum atomic E-state index is -0.572. The molecule has 0 spiro atoms. The zero-order chi connectivity index (χ0) is 21.0. The number of piperidine rings is 1. The Morgan fingerprint density at radius 3 is 2.28 bits per heavy atom. The standard InChI is InChI=1S/C23H22ClNO4/c1-22(2)18-12-13-23(22,3)21(28)25(19(18)26)16-8-4-14(5-9-16)20(27)29-17-10-6-15(24)7-11-17/h4-11,18H,12-13H2,1-3H3/t18-,23+/m0/s1. The number of esters is 1. The van der Waals surface area contributed by atoms with Gasteiger partial charge in [0.2, 0.25) is 11.8 Å². The number of anilines is 1. The normalized spacial score (nSPS) is 25.2. The van der Waals surface area contributed by atoms with Crippen LogP contribution in [0.5, 0.6) is 5.75 Å². The zero-order valence-corrected chi connectivity index (χ0v) is 17.3. The van der Waals surface area contributed by atoms with Crippen molar-refractivity contribution in [1.82, 2.24) is 0 Å². The van der Waals surface area contributed by atoms with Crippen molar-refractivity contribution in [2.24, 2.45) is 16.7 Å². The minimum absolute atomic E-state index is 0.161. The Bertz CT molecular complexity index is 997. The van der Waals surface area contributed by atoms with Crippen LogP contribution in [0.15, 0.2) is 48.5 Å². The average molecular weight is 412 g/mol. The van der Waals surface area contributed by atoms with Crippen molar-refractivity contribution in [2.75, 3.05) is 4.90 Å². The first-order valence-corrected chi connectivity index (χ1v) is 9.99. The molecule has 1 saturated carbocycles. The Labute approximate surface area is 174 Å². The monoisotopic (exact) mass is 411 g/mol. The summed E-state index contributed by atoms with van der Waals surface area (Å²) in [5.41, 5.74) is -0.121. The van der Waals surface area contributed by atoms with Gasteiger partial charge in [0.15, 0.2) is 0 Å². The Morgan fingerprint density at radius 1 is 1.03 bits per heavy atom. The van der Waals surface area contributed by atoms with E-state index in [0.29, 0.717) is 28.4 Å².